The molecule has 0 spiro atoms. The van der Waals surface area contributed by atoms with Crippen LogP contribution in [0, 0.1) is 13.8 Å². The molecule has 1 fully saturated rings. The number of ether oxygens (including phenoxy) is 2. The number of amides is 1. The van der Waals surface area contributed by atoms with Crippen molar-refractivity contribution in [3.8, 4) is 0 Å². The van der Waals surface area contributed by atoms with Crippen LogP contribution in [-0.4, -0.2) is 36.7 Å². The number of benzene rings is 1. The van der Waals surface area contributed by atoms with Gasteiger partial charge in [-0.15, -0.1) is 11.3 Å². The number of esters is 2. The lowest BCUT2D eigenvalue weighted by atomic mass is 10.1. The Balaban J connectivity index is 2.13. The van der Waals surface area contributed by atoms with Crippen LogP contribution >= 0.6 is 23.1 Å². The fourth-order valence-corrected chi connectivity index (χ4v) is 4.76. The van der Waals surface area contributed by atoms with Gasteiger partial charge < -0.3 is 9.47 Å². The number of hydrogen-bond donors (Lipinski definition) is 0. The first-order valence-corrected chi connectivity index (χ1v) is 10.7. The normalized spacial score (nSPS) is 16.4. The van der Waals surface area contributed by atoms with Gasteiger partial charge in [0.1, 0.15) is 5.00 Å². The summed E-state index contributed by atoms with van der Waals surface area (Å²) in [4.78, 5) is 44.4. The molecule has 7 nitrogen and oxygen atoms in total. The first kappa shape index (κ1) is 21.8. The number of hydrogen-bond acceptors (Lipinski definition) is 8. The summed E-state index contributed by atoms with van der Waals surface area (Å²) in [6.45, 7) is 5.73. The van der Waals surface area contributed by atoms with E-state index >= 15 is 0 Å². The number of aliphatic imine (C=N–C) groups is 1. The highest BCUT2D eigenvalue weighted by Gasteiger charge is 2.36. The van der Waals surface area contributed by atoms with E-state index in [9.17, 15) is 14.4 Å². The van der Waals surface area contributed by atoms with E-state index in [-0.39, 0.29) is 11.5 Å². The van der Waals surface area contributed by atoms with Crippen molar-refractivity contribution in [2.24, 2.45) is 4.99 Å². The molecule has 9 heteroatoms. The summed E-state index contributed by atoms with van der Waals surface area (Å²) in [6.07, 6.45) is 1.14. The third-order valence-electron chi connectivity index (χ3n) is 4.31. The van der Waals surface area contributed by atoms with Gasteiger partial charge in [0, 0.05) is 11.0 Å². The molecule has 156 valence electrons. The van der Waals surface area contributed by atoms with Crippen molar-refractivity contribution in [1.29, 1.82) is 0 Å². The lowest BCUT2D eigenvalue weighted by Crippen LogP contribution is -2.28. The Morgan fingerprint density at radius 1 is 1.20 bits per heavy atom. The van der Waals surface area contributed by atoms with Crippen LogP contribution < -0.4 is 4.90 Å². The summed E-state index contributed by atoms with van der Waals surface area (Å²) < 4.78 is 9.84. The van der Waals surface area contributed by atoms with Crippen molar-refractivity contribution in [2.45, 2.75) is 20.8 Å². The van der Waals surface area contributed by atoms with Crippen LogP contribution in [0.4, 0.5) is 10.7 Å². The van der Waals surface area contributed by atoms with E-state index in [4.69, 9.17) is 4.74 Å². The van der Waals surface area contributed by atoms with Crippen LogP contribution in [0.1, 0.15) is 27.7 Å². The molecule has 0 unspecified atom stereocenters. The summed E-state index contributed by atoms with van der Waals surface area (Å²) in [6, 6.07) is 8.98. The second-order valence-electron chi connectivity index (χ2n) is 6.19. The maximum Gasteiger partial charge on any atom is 0.341 e. The number of para-hydroxylation sites is 1. The molecular weight excluding hydrogens is 424 g/mol. The molecule has 3 rings (SSSR count). The van der Waals surface area contributed by atoms with E-state index in [1.165, 1.54) is 23.3 Å². The number of nitrogens with zero attached hydrogens (tertiary/aromatic N) is 2. The van der Waals surface area contributed by atoms with Crippen LogP contribution in [0.15, 0.2) is 46.3 Å². The second-order valence-corrected chi connectivity index (χ2v) is 8.40. The van der Waals surface area contributed by atoms with Gasteiger partial charge in [0.25, 0.3) is 5.91 Å². The molecular formula is C21H20N2O5S2. The van der Waals surface area contributed by atoms with Crippen LogP contribution in [0.25, 0.3) is 0 Å². The van der Waals surface area contributed by atoms with Crippen molar-refractivity contribution >= 4 is 56.8 Å². The molecule has 0 bridgehead atoms. The van der Waals surface area contributed by atoms with Crippen molar-refractivity contribution in [1.82, 2.24) is 0 Å². The van der Waals surface area contributed by atoms with E-state index < -0.39 is 17.8 Å². The second kappa shape index (κ2) is 9.27. The van der Waals surface area contributed by atoms with Gasteiger partial charge in [-0.25, -0.2) is 14.6 Å². The predicted octanol–water partition coefficient (Wildman–Crippen LogP) is 4.37. The SMILES string of the molecule is CCOC(=O)c1c(N=C2S/C(=C/C(=O)OC)C(=O)N2c2ccccc2)sc(C)c1C. The third-order valence-corrected chi connectivity index (χ3v) is 6.38. The van der Waals surface area contributed by atoms with Crippen LogP contribution in [-0.2, 0) is 19.1 Å². The fraction of sp³-hybridized carbons (Fsp3) is 0.238. The Bertz CT molecular complexity index is 1060. The van der Waals surface area contributed by atoms with Crippen LogP contribution in [0.5, 0.6) is 0 Å². The summed E-state index contributed by atoms with van der Waals surface area (Å²) in [5.74, 6) is -1.47. The Morgan fingerprint density at radius 3 is 2.53 bits per heavy atom. The zero-order valence-corrected chi connectivity index (χ0v) is 18.6. The molecule has 2 aromatic rings. The topological polar surface area (TPSA) is 85.3 Å². The van der Waals surface area contributed by atoms with Gasteiger partial charge in [-0.05, 0) is 50.2 Å². The first-order valence-electron chi connectivity index (χ1n) is 9.10. The third kappa shape index (κ3) is 4.31. The molecule has 1 aliphatic rings. The monoisotopic (exact) mass is 444 g/mol. The lowest BCUT2D eigenvalue weighted by molar-refractivity contribution is -0.135. The summed E-state index contributed by atoms with van der Waals surface area (Å²) in [5.41, 5.74) is 1.78. The minimum Gasteiger partial charge on any atom is -0.466 e. The van der Waals surface area contributed by atoms with E-state index in [2.05, 4.69) is 9.73 Å². The average molecular weight is 445 g/mol. The van der Waals surface area contributed by atoms with Gasteiger partial charge in [-0.3, -0.25) is 9.69 Å². The molecule has 0 aliphatic carbocycles. The highest BCUT2D eigenvalue weighted by molar-refractivity contribution is 8.19. The van der Waals surface area contributed by atoms with Crippen LogP contribution in [0.3, 0.4) is 0 Å². The minimum absolute atomic E-state index is 0.187. The number of thioether (sulfide) groups is 1. The number of amidine groups is 1. The lowest BCUT2D eigenvalue weighted by Gasteiger charge is -2.15. The molecule has 0 N–H and O–H groups in total. The number of methoxy groups -OCH3 is 1. The highest BCUT2D eigenvalue weighted by Crippen LogP contribution is 2.40. The van der Waals surface area contributed by atoms with Crippen molar-refractivity contribution < 1.29 is 23.9 Å². The fourth-order valence-electron chi connectivity index (χ4n) is 2.74. The Hall–Kier alpha value is -2.91. The summed E-state index contributed by atoms with van der Waals surface area (Å²) >= 11 is 2.40. The number of carbonyl (C=O) groups excluding carboxylic acids is 3. The summed E-state index contributed by atoms with van der Waals surface area (Å²) in [7, 11) is 1.25. The average Bonchev–Trinajstić information content (AvgIpc) is 3.18. The quantitative estimate of drug-likeness (QED) is 0.503. The molecule has 0 radical (unpaired) electrons. The number of thiophene rings is 1. The summed E-state index contributed by atoms with van der Waals surface area (Å²) in [5, 5.41) is 0.798. The Kier molecular flexibility index (Phi) is 6.73. The van der Waals surface area contributed by atoms with E-state index in [0.29, 0.717) is 21.4 Å². The molecule has 30 heavy (non-hydrogen) atoms. The van der Waals surface area contributed by atoms with Crippen LogP contribution in [0.2, 0.25) is 0 Å². The number of aryl methyl sites for hydroxylation is 1. The maximum atomic E-state index is 13.0. The van der Waals surface area contributed by atoms with Gasteiger partial charge in [-0.1, -0.05) is 18.2 Å². The number of anilines is 1. The van der Waals surface area contributed by atoms with Gasteiger partial charge in [-0.2, -0.15) is 0 Å². The molecule has 2 heterocycles. The molecule has 0 saturated carbocycles. The zero-order chi connectivity index (χ0) is 21.8. The number of rotatable bonds is 5. The predicted molar refractivity (Wildman–Crippen MR) is 118 cm³/mol. The molecule has 1 aromatic carbocycles. The molecule has 0 atom stereocenters. The van der Waals surface area contributed by atoms with E-state index in [1.54, 1.807) is 31.2 Å². The molecule has 1 aliphatic heterocycles. The number of carbonyl (C=O) groups is 3. The van der Waals surface area contributed by atoms with E-state index in [0.717, 1.165) is 28.3 Å². The zero-order valence-electron chi connectivity index (χ0n) is 16.9. The maximum absolute atomic E-state index is 13.0. The Labute approximate surface area is 182 Å². The smallest absolute Gasteiger partial charge is 0.341 e. The van der Waals surface area contributed by atoms with Crippen molar-refractivity contribution in [2.75, 3.05) is 18.6 Å². The van der Waals surface area contributed by atoms with Gasteiger partial charge in [0.05, 0.1) is 29.9 Å². The van der Waals surface area contributed by atoms with Crippen molar-refractivity contribution in [3.05, 3.63) is 57.3 Å². The minimum atomic E-state index is -0.630. The van der Waals surface area contributed by atoms with Gasteiger partial charge >= 0.3 is 11.9 Å². The van der Waals surface area contributed by atoms with Crippen molar-refractivity contribution in [3.63, 3.8) is 0 Å². The highest BCUT2D eigenvalue weighted by atomic mass is 32.2. The first-order chi connectivity index (χ1) is 14.4. The van der Waals surface area contributed by atoms with Gasteiger partial charge in [0.2, 0.25) is 0 Å². The molecule has 1 amide bonds. The van der Waals surface area contributed by atoms with Gasteiger partial charge in [0.15, 0.2) is 5.17 Å². The molecule has 1 aromatic heterocycles. The van der Waals surface area contributed by atoms with E-state index in [1.807, 2.05) is 19.9 Å². The largest absolute Gasteiger partial charge is 0.466 e. The Morgan fingerprint density at radius 2 is 1.90 bits per heavy atom. The molecule has 1 saturated heterocycles. The standard InChI is InChI=1S/C21H20N2O5S2/c1-5-28-20(26)17-12(2)13(3)29-18(17)22-21-23(14-9-7-6-8-10-14)19(25)15(30-21)11-16(24)27-4/h6-11H,5H2,1-4H3/b15-11+,22-21?.